The lowest BCUT2D eigenvalue weighted by Crippen LogP contribution is -2.43. The average molecular weight is 232 g/mol. The molecule has 1 aliphatic heterocycles. The number of hydrogen-bond donors (Lipinski definition) is 1. The summed E-state index contributed by atoms with van der Waals surface area (Å²) >= 11 is 0. The molecule has 3 nitrogen and oxygen atoms in total. The minimum atomic E-state index is -0.147. The fourth-order valence-corrected chi connectivity index (χ4v) is 2.61. The lowest BCUT2D eigenvalue weighted by molar-refractivity contribution is 0.156. The van der Waals surface area contributed by atoms with Crippen LogP contribution in [0.3, 0.4) is 0 Å². The van der Waals surface area contributed by atoms with Crippen molar-refractivity contribution in [3.63, 3.8) is 0 Å². The number of anilines is 2. The molecule has 17 heavy (non-hydrogen) atoms. The number of β-amino-alcohol motifs (C(OH)–C–C–N with tert-alkyl or cyclic N) is 1. The highest BCUT2D eigenvalue weighted by Gasteiger charge is 2.32. The van der Waals surface area contributed by atoms with Crippen LogP contribution in [0, 0.1) is 5.92 Å². The third-order valence-electron chi connectivity index (χ3n) is 3.91. The normalized spacial score (nSPS) is 21.3. The number of benzene rings is 1. The van der Waals surface area contributed by atoms with Gasteiger partial charge in [-0.15, -0.1) is 0 Å². The van der Waals surface area contributed by atoms with Crippen molar-refractivity contribution in [1.82, 2.24) is 0 Å². The second kappa shape index (κ2) is 4.22. The summed E-state index contributed by atoms with van der Waals surface area (Å²) in [5.41, 5.74) is 2.54. The maximum absolute atomic E-state index is 10.1. The number of fused-ring (bicyclic) bond motifs is 1. The van der Waals surface area contributed by atoms with E-state index in [1.165, 1.54) is 24.2 Å². The summed E-state index contributed by atoms with van der Waals surface area (Å²) in [5.74, 6) is 0.557. The molecule has 0 aromatic heterocycles. The SMILES string of the molecule is CN1CCN(CC(O)C2CC2)c2ccccc21. The Balaban J connectivity index is 1.79. The van der Waals surface area contributed by atoms with Crippen molar-refractivity contribution in [3.8, 4) is 0 Å². The molecule has 3 heteroatoms. The Morgan fingerprint density at radius 2 is 1.94 bits per heavy atom. The molecule has 1 saturated carbocycles. The van der Waals surface area contributed by atoms with Crippen LogP contribution >= 0.6 is 0 Å². The zero-order valence-electron chi connectivity index (χ0n) is 10.3. The zero-order valence-corrected chi connectivity index (χ0v) is 10.3. The van der Waals surface area contributed by atoms with Gasteiger partial charge in [0, 0.05) is 26.7 Å². The van der Waals surface area contributed by atoms with Crippen molar-refractivity contribution in [2.24, 2.45) is 5.92 Å². The fraction of sp³-hybridized carbons (Fsp3) is 0.571. The van der Waals surface area contributed by atoms with E-state index in [4.69, 9.17) is 0 Å². The second-order valence-electron chi connectivity index (χ2n) is 5.26. The second-order valence-corrected chi connectivity index (χ2v) is 5.26. The third kappa shape index (κ3) is 2.12. The number of hydrogen-bond acceptors (Lipinski definition) is 3. The fourth-order valence-electron chi connectivity index (χ4n) is 2.61. The molecule has 0 radical (unpaired) electrons. The van der Waals surface area contributed by atoms with Crippen LogP contribution in [0.2, 0.25) is 0 Å². The van der Waals surface area contributed by atoms with Gasteiger partial charge >= 0.3 is 0 Å². The molecule has 0 saturated heterocycles. The van der Waals surface area contributed by atoms with Gasteiger partial charge in [0.1, 0.15) is 0 Å². The first-order chi connectivity index (χ1) is 8.25. The van der Waals surface area contributed by atoms with Gasteiger partial charge in [-0.25, -0.2) is 0 Å². The summed E-state index contributed by atoms with van der Waals surface area (Å²) in [4.78, 5) is 4.62. The first kappa shape index (κ1) is 10.9. The number of aliphatic hydroxyl groups excluding tert-OH is 1. The van der Waals surface area contributed by atoms with Gasteiger partial charge in [-0.1, -0.05) is 12.1 Å². The Bertz CT molecular complexity index is 403. The summed E-state index contributed by atoms with van der Waals surface area (Å²) in [6.07, 6.45) is 2.26. The predicted molar refractivity (Wildman–Crippen MR) is 70.7 cm³/mol. The molecule has 1 N–H and O–H groups in total. The molecule has 1 aliphatic carbocycles. The predicted octanol–water partition coefficient (Wildman–Crippen LogP) is 1.71. The molecular formula is C14H20N2O. The smallest absolute Gasteiger partial charge is 0.0743 e. The lowest BCUT2D eigenvalue weighted by atomic mass is 10.1. The van der Waals surface area contributed by atoms with Crippen LogP contribution < -0.4 is 9.80 Å². The molecule has 1 heterocycles. The van der Waals surface area contributed by atoms with Crippen LogP contribution in [0.5, 0.6) is 0 Å². The summed E-state index contributed by atoms with van der Waals surface area (Å²) in [7, 11) is 2.13. The topological polar surface area (TPSA) is 26.7 Å². The van der Waals surface area contributed by atoms with Gasteiger partial charge in [-0.3, -0.25) is 0 Å². The highest BCUT2D eigenvalue weighted by molar-refractivity contribution is 5.73. The summed E-state index contributed by atoms with van der Waals surface area (Å²) in [6.45, 7) is 2.83. The molecule has 1 aromatic carbocycles. The van der Waals surface area contributed by atoms with Crippen LogP contribution in [-0.2, 0) is 0 Å². The Morgan fingerprint density at radius 3 is 2.65 bits per heavy atom. The van der Waals surface area contributed by atoms with Gasteiger partial charge < -0.3 is 14.9 Å². The van der Waals surface area contributed by atoms with Gasteiger partial charge in [0.05, 0.1) is 17.5 Å². The van der Waals surface area contributed by atoms with Gasteiger partial charge in [0.15, 0.2) is 0 Å². The minimum Gasteiger partial charge on any atom is -0.391 e. The molecular weight excluding hydrogens is 212 g/mol. The van der Waals surface area contributed by atoms with Crippen molar-refractivity contribution >= 4 is 11.4 Å². The van der Waals surface area contributed by atoms with E-state index >= 15 is 0 Å². The first-order valence-electron chi connectivity index (χ1n) is 6.49. The van der Waals surface area contributed by atoms with Crippen molar-refractivity contribution in [2.75, 3.05) is 36.5 Å². The van der Waals surface area contributed by atoms with Crippen LogP contribution in [0.1, 0.15) is 12.8 Å². The van der Waals surface area contributed by atoms with E-state index in [1.54, 1.807) is 0 Å². The molecule has 1 fully saturated rings. The minimum absolute atomic E-state index is 0.147. The number of nitrogens with zero attached hydrogens (tertiary/aromatic N) is 2. The van der Waals surface area contributed by atoms with Crippen molar-refractivity contribution < 1.29 is 5.11 Å². The van der Waals surface area contributed by atoms with E-state index in [-0.39, 0.29) is 6.10 Å². The standard InChI is InChI=1S/C14H20N2O/c1-15-8-9-16(10-14(17)11-6-7-11)13-5-3-2-4-12(13)15/h2-5,11,14,17H,6-10H2,1H3. The van der Waals surface area contributed by atoms with E-state index in [0.717, 1.165) is 19.6 Å². The molecule has 0 amide bonds. The molecule has 2 aliphatic rings. The summed E-state index contributed by atoms with van der Waals surface area (Å²) < 4.78 is 0. The average Bonchev–Trinajstić information content (AvgIpc) is 3.17. The molecule has 1 aromatic rings. The molecule has 92 valence electrons. The van der Waals surface area contributed by atoms with Crippen molar-refractivity contribution in [1.29, 1.82) is 0 Å². The summed E-state index contributed by atoms with van der Waals surface area (Å²) in [6, 6.07) is 8.47. The van der Waals surface area contributed by atoms with Gasteiger partial charge in [0.25, 0.3) is 0 Å². The van der Waals surface area contributed by atoms with E-state index in [9.17, 15) is 5.11 Å². The molecule has 0 spiro atoms. The Morgan fingerprint density at radius 1 is 1.24 bits per heavy atom. The Kier molecular flexibility index (Phi) is 2.71. The maximum atomic E-state index is 10.1. The Hall–Kier alpha value is -1.22. The Labute approximate surface area is 103 Å². The molecule has 3 rings (SSSR count). The van der Waals surface area contributed by atoms with Crippen LogP contribution in [-0.4, -0.2) is 37.9 Å². The maximum Gasteiger partial charge on any atom is 0.0743 e. The van der Waals surface area contributed by atoms with Gasteiger partial charge in [0.2, 0.25) is 0 Å². The van der Waals surface area contributed by atoms with Crippen LogP contribution in [0.4, 0.5) is 11.4 Å². The van der Waals surface area contributed by atoms with Gasteiger partial charge in [-0.05, 0) is 30.9 Å². The van der Waals surface area contributed by atoms with E-state index in [2.05, 4.69) is 41.1 Å². The molecule has 1 unspecified atom stereocenters. The third-order valence-corrected chi connectivity index (χ3v) is 3.91. The summed E-state index contributed by atoms with van der Waals surface area (Å²) in [5, 5.41) is 10.1. The van der Waals surface area contributed by atoms with Crippen LogP contribution in [0.15, 0.2) is 24.3 Å². The number of para-hydroxylation sites is 2. The largest absolute Gasteiger partial charge is 0.391 e. The number of likely N-dealkylation sites (N-methyl/N-ethyl adjacent to an activating group) is 1. The van der Waals surface area contributed by atoms with Crippen molar-refractivity contribution in [2.45, 2.75) is 18.9 Å². The van der Waals surface area contributed by atoms with E-state index < -0.39 is 0 Å². The highest BCUT2D eigenvalue weighted by atomic mass is 16.3. The first-order valence-corrected chi connectivity index (χ1v) is 6.49. The van der Waals surface area contributed by atoms with Gasteiger partial charge in [-0.2, -0.15) is 0 Å². The quantitative estimate of drug-likeness (QED) is 0.859. The number of aliphatic hydroxyl groups is 1. The number of rotatable bonds is 3. The molecule has 1 atom stereocenters. The molecule has 0 bridgehead atoms. The highest BCUT2D eigenvalue weighted by Crippen LogP contribution is 2.36. The van der Waals surface area contributed by atoms with E-state index in [0.29, 0.717) is 5.92 Å². The van der Waals surface area contributed by atoms with E-state index in [1.807, 2.05) is 0 Å². The zero-order chi connectivity index (χ0) is 11.8. The van der Waals surface area contributed by atoms with Crippen LogP contribution in [0.25, 0.3) is 0 Å². The monoisotopic (exact) mass is 232 g/mol. The lowest BCUT2D eigenvalue weighted by Gasteiger charge is -2.38. The van der Waals surface area contributed by atoms with Crippen molar-refractivity contribution in [3.05, 3.63) is 24.3 Å².